The van der Waals surface area contributed by atoms with Gasteiger partial charge < -0.3 is 4.98 Å². The van der Waals surface area contributed by atoms with Crippen molar-refractivity contribution < 1.29 is 4.79 Å². The predicted molar refractivity (Wildman–Crippen MR) is 68.3 cm³/mol. The molecule has 2 aromatic heterocycles. The number of rotatable bonds is 1. The number of hydrogen-bond donors (Lipinski definition) is 1. The molecule has 0 aliphatic rings. The summed E-state index contributed by atoms with van der Waals surface area (Å²) in [5.41, 5.74) is 3.36. The van der Waals surface area contributed by atoms with Gasteiger partial charge in [-0.3, -0.25) is 4.79 Å². The van der Waals surface area contributed by atoms with Crippen LogP contribution in [0.15, 0.2) is 30.3 Å². The summed E-state index contributed by atoms with van der Waals surface area (Å²) in [7, 11) is 0. The van der Waals surface area contributed by atoms with Crippen LogP contribution in [-0.2, 0) is 0 Å². The topological polar surface area (TPSA) is 45.8 Å². The van der Waals surface area contributed by atoms with Gasteiger partial charge in [-0.05, 0) is 26.0 Å². The summed E-state index contributed by atoms with van der Waals surface area (Å²) in [6.45, 7) is 3.44. The number of pyridine rings is 1. The van der Waals surface area contributed by atoms with E-state index in [0.717, 1.165) is 27.6 Å². The fourth-order valence-electron chi connectivity index (χ4n) is 2.22. The molecule has 0 fully saturated rings. The van der Waals surface area contributed by atoms with E-state index < -0.39 is 0 Å². The molecule has 0 aliphatic carbocycles. The molecule has 17 heavy (non-hydrogen) atoms. The lowest BCUT2D eigenvalue weighted by Gasteiger charge is -2.00. The van der Waals surface area contributed by atoms with Crippen molar-refractivity contribution in [3.8, 4) is 0 Å². The lowest BCUT2D eigenvalue weighted by atomic mass is 10.1. The number of aryl methyl sites for hydroxylation is 1. The quantitative estimate of drug-likeness (QED) is 0.645. The third kappa shape index (κ3) is 1.43. The van der Waals surface area contributed by atoms with E-state index in [1.165, 1.54) is 0 Å². The number of nitrogens with zero attached hydrogens (tertiary/aromatic N) is 1. The Bertz CT molecular complexity index is 740. The highest BCUT2D eigenvalue weighted by molar-refractivity contribution is 6.08. The minimum absolute atomic E-state index is 0.0576. The third-order valence-electron chi connectivity index (χ3n) is 3.06. The van der Waals surface area contributed by atoms with Gasteiger partial charge in [0.2, 0.25) is 0 Å². The maximum absolute atomic E-state index is 11.5. The molecule has 0 unspecified atom stereocenters. The molecule has 0 radical (unpaired) electrons. The molecule has 3 rings (SSSR count). The molecule has 2 heterocycles. The van der Waals surface area contributed by atoms with Crippen molar-refractivity contribution in [2.24, 2.45) is 0 Å². The van der Waals surface area contributed by atoms with Crippen molar-refractivity contribution >= 4 is 27.7 Å². The monoisotopic (exact) mass is 224 g/mol. The van der Waals surface area contributed by atoms with Crippen LogP contribution in [-0.4, -0.2) is 15.8 Å². The second-order valence-corrected chi connectivity index (χ2v) is 4.24. The minimum atomic E-state index is 0.0576. The number of aromatic nitrogens is 2. The Kier molecular flexibility index (Phi) is 2.01. The highest BCUT2D eigenvalue weighted by atomic mass is 16.1. The molecule has 0 atom stereocenters. The van der Waals surface area contributed by atoms with E-state index in [1.807, 2.05) is 37.3 Å². The largest absolute Gasteiger partial charge is 0.339 e. The summed E-state index contributed by atoms with van der Waals surface area (Å²) in [5.74, 6) is 0.0576. The number of H-pyrrole nitrogens is 1. The lowest BCUT2D eigenvalue weighted by molar-refractivity contribution is 0.101. The summed E-state index contributed by atoms with van der Waals surface area (Å²) < 4.78 is 0. The van der Waals surface area contributed by atoms with Crippen LogP contribution >= 0.6 is 0 Å². The molecule has 0 saturated carbocycles. The molecule has 3 aromatic rings. The average Bonchev–Trinajstić information content (AvgIpc) is 2.64. The SMILES string of the molecule is CC(=O)c1cc2c(nc1C)[nH]c1ccccc12. The van der Waals surface area contributed by atoms with Crippen LogP contribution in [0.3, 0.4) is 0 Å². The minimum Gasteiger partial charge on any atom is -0.339 e. The van der Waals surface area contributed by atoms with Crippen LogP contribution in [0.5, 0.6) is 0 Å². The van der Waals surface area contributed by atoms with Crippen LogP contribution in [0, 0.1) is 6.92 Å². The Morgan fingerprint density at radius 2 is 2.00 bits per heavy atom. The van der Waals surface area contributed by atoms with Crippen molar-refractivity contribution in [3.63, 3.8) is 0 Å². The van der Waals surface area contributed by atoms with E-state index in [9.17, 15) is 4.79 Å². The Labute approximate surface area is 98.5 Å². The number of nitrogens with one attached hydrogen (secondary N) is 1. The summed E-state index contributed by atoms with van der Waals surface area (Å²) >= 11 is 0. The van der Waals surface area contributed by atoms with Gasteiger partial charge in [-0.1, -0.05) is 18.2 Å². The Balaban J connectivity index is 2.47. The summed E-state index contributed by atoms with van der Waals surface area (Å²) in [4.78, 5) is 19.2. The Hall–Kier alpha value is -2.16. The van der Waals surface area contributed by atoms with Gasteiger partial charge in [0.1, 0.15) is 5.65 Å². The van der Waals surface area contributed by atoms with Crippen LogP contribution in [0.1, 0.15) is 23.0 Å². The van der Waals surface area contributed by atoms with Crippen LogP contribution in [0.4, 0.5) is 0 Å². The van der Waals surface area contributed by atoms with Crippen LogP contribution in [0.25, 0.3) is 21.9 Å². The zero-order valence-electron chi connectivity index (χ0n) is 9.74. The second-order valence-electron chi connectivity index (χ2n) is 4.24. The van der Waals surface area contributed by atoms with E-state index in [4.69, 9.17) is 0 Å². The van der Waals surface area contributed by atoms with Gasteiger partial charge in [-0.2, -0.15) is 0 Å². The molecule has 0 spiro atoms. The molecule has 3 nitrogen and oxygen atoms in total. The van der Waals surface area contributed by atoms with Gasteiger partial charge in [-0.15, -0.1) is 0 Å². The fourth-order valence-corrected chi connectivity index (χ4v) is 2.22. The zero-order chi connectivity index (χ0) is 12.0. The van der Waals surface area contributed by atoms with Crippen molar-refractivity contribution in [1.82, 2.24) is 9.97 Å². The smallest absolute Gasteiger partial charge is 0.161 e. The first-order chi connectivity index (χ1) is 8.16. The first kappa shape index (κ1) is 10.0. The number of aromatic amines is 1. The van der Waals surface area contributed by atoms with Crippen LogP contribution in [0.2, 0.25) is 0 Å². The number of carbonyl (C=O) groups is 1. The number of benzene rings is 1. The van der Waals surface area contributed by atoms with Gasteiger partial charge in [0.05, 0.1) is 5.69 Å². The van der Waals surface area contributed by atoms with Crippen molar-refractivity contribution in [2.75, 3.05) is 0 Å². The van der Waals surface area contributed by atoms with Crippen molar-refractivity contribution in [2.45, 2.75) is 13.8 Å². The fraction of sp³-hybridized carbons (Fsp3) is 0.143. The highest BCUT2D eigenvalue weighted by Gasteiger charge is 2.10. The van der Waals surface area contributed by atoms with Gasteiger partial charge in [0, 0.05) is 21.9 Å². The van der Waals surface area contributed by atoms with E-state index in [2.05, 4.69) is 9.97 Å². The second kappa shape index (κ2) is 3.42. The van der Waals surface area contributed by atoms with E-state index in [0.29, 0.717) is 5.56 Å². The third-order valence-corrected chi connectivity index (χ3v) is 3.06. The van der Waals surface area contributed by atoms with Gasteiger partial charge in [0.25, 0.3) is 0 Å². The summed E-state index contributed by atoms with van der Waals surface area (Å²) in [5, 5.41) is 2.12. The first-order valence-electron chi connectivity index (χ1n) is 5.56. The summed E-state index contributed by atoms with van der Waals surface area (Å²) in [6, 6.07) is 9.95. The van der Waals surface area contributed by atoms with Crippen molar-refractivity contribution in [1.29, 1.82) is 0 Å². The maximum Gasteiger partial charge on any atom is 0.161 e. The van der Waals surface area contributed by atoms with Gasteiger partial charge in [-0.25, -0.2) is 4.98 Å². The number of fused-ring (bicyclic) bond motifs is 3. The maximum atomic E-state index is 11.5. The zero-order valence-corrected chi connectivity index (χ0v) is 9.74. The molecule has 0 amide bonds. The average molecular weight is 224 g/mol. The van der Waals surface area contributed by atoms with Gasteiger partial charge in [0.15, 0.2) is 5.78 Å². The number of Topliss-reactive ketones (excluding diaryl/α,β-unsaturated/α-hetero) is 1. The molecule has 84 valence electrons. The van der Waals surface area contributed by atoms with Crippen LogP contribution < -0.4 is 0 Å². The molecule has 0 saturated heterocycles. The predicted octanol–water partition coefficient (Wildman–Crippen LogP) is 3.23. The molecule has 1 N–H and O–H groups in total. The molecular formula is C14H12N2O. The highest BCUT2D eigenvalue weighted by Crippen LogP contribution is 2.25. The molecule has 0 bridgehead atoms. The van der Waals surface area contributed by atoms with E-state index in [1.54, 1.807) is 6.92 Å². The van der Waals surface area contributed by atoms with Crippen molar-refractivity contribution in [3.05, 3.63) is 41.6 Å². The summed E-state index contributed by atoms with van der Waals surface area (Å²) in [6.07, 6.45) is 0. The molecule has 0 aliphatic heterocycles. The Morgan fingerprint density at radius 1 is 1.24 bits per heavy atom. The lowest BCUT2D eigenvalue weighted by Crippen LogP contribution is -1.98. The van der Waals surface area contributed by atoms with E-state index in [-0.39, 0.29) is 5.78 Å². The molecule has 1 aromatic carbocycles. The molecular weight excluding hydrogens is 212 g/mol. The first-order valence-corrected chi connectivity index (χ1v) is 5.56. The normalized spacial score (nSPS) is 11.2. The Morgan fingerprint density at radius 3 is 2.76 bits per heavy atom. The number of carbonyl (C=O) groups excluding carboxylic acids is 1. The standard InChI is InChI=1S/C14H12N2O/c1-8-11(9(2)17)7-12-10-5-3-4-6-13(10)16-14(12)15-8/h3-7H,1-2H3,(H,15,16). The van der Waals surface area contributed by atoms with E-state index >= 15 is 0 Å². The number of hydrogen-bond acceptors (Lipinski definition) is 2. The number of ketones is 1. The number of para-hydroxylation sites is 1. The molecule has 3 heteroatoms. The van der Waals surface area contributed by atoms with Gasteiger partial charge >= 0.3 is 0 Å².